The van der Waals surface area contributed by atoms with Crippen LogP contribution in [-0.2, 0) is 16.1 Å². The zero-order chi connectivity index (χ0) is 19.4. The summed E-state index contributed by atoms with van der Waals surface area (Å²) in [6.07, 6.45) is 0. The molecule has 0 atom stereocenters. The summed E-state index contributed by atoms with van der Waals surface area (Å²) in [5, 5.41) is 9.64. The molecule has 9 heteroatoms. The zero-order valence-corrected chi connectivity index (χ0v) is 16.3. The number of amides is 2. The molecular weight excluding hydrogens is 387 g/mol. The number of carbonyl (C=O) groups is 2. The molecule has 0 fully saturated rings. The quantitative estimate of drug-likeness (QED) is 0.634. The van der Waals surface area contributed by atoms with Crippen molar-refractivity contribution in [2.45, 2.75) is 26.3 Å². The van der Waals surface area contributed by atoms with Crippen molar-refractivity contribution in [2.75, 3.05) is 5.32 Å². The smallest absolute Gasteiger partial charge is 0.315 e. The van der Waals surface area contributed by atoms with Crippen molar-refractivity contribution in [3.8, 4) is 11.3 Å². The fraction of sp³-hybridized carbons (Fsp3) is 0.222. The molecule has 2 heterocycles. The molecule has 0 aliphatic rings. The van der Waals surface area contributed by atoms with Gasteiger partial charge in [-0.3, -0.25) is 14.9 Å². The van der Waals surface area contributed by atoms with Gasteiger partial charge in [0.25, 0.3) is 0 Å². The Kier molecular flexibility index (Phi) is 5.92. The molecule has 3 aromatic rings. The third-order valence-corrected chi connectivity index (χ3v) is 5.53. The summed E-state index contributed by atoms with van der Waals surface area (Å²) in [6.45, 7) is 4.25. The highest BCUT2D eigenvalue weighted by atomic mass is 32.1. The number of hydrogen-bond donors (Lipinski definition) is 2. The van der Waals surface area contributed by atoms with Crippen LogP contribution in [0.15, 0.2) is 35.0 Å². The molecule has 0 aliphatic heterocycles. The summed E-state index contributed by atoms with van der Waals surface area (Å²) >= 11 is 2.64. The van der Waals surface area contributed by atoms with E-state index in [-0.39, 0.29) is 11.7 Å². The minimum absolute atomic E-state index is 0.174. The van der Waals surface area contributed by atoms with Gasteiger partial charge in [0, 0.05) is 22.2 Å². The van der Waals surface area contributed by atoms with Gasteiger partial charge in [-0.1, -0.05) is 26.0 Å². The topological polar surface area (TPSA) is 84.0 Å². The summed E-state index contributed by atoms with van der Waals surface area (Å²) < 4.78 is 13.8. The van der Waals surface area contributed by atoms with Crippen molar-refractivity contribution in [1.82, 2.24) is 15.3 Å². The number of aromatic nitrogens is 2. The molecule has 0 aliphatic carbocycles. The molecule has 6 nitrogen and oxygen atoms in total. The maximum atomic E-state index is 13.8. The largest absolute Gasteiger partial charge is 0.342 e. The lowest BCUT2D eigenvalue weighted by atomic mass is 10.2. The fourth-order valence-corrected chi connectivity index (χ4v) is 3.74. The number of rotatable bonds is 5. The Morgan fingerprint density at radius 2 is 1.89 bits per heavy atom. The molecule has 3 rings (SSSR count). The number of benzene rings is 1. The van der Waals surface area contributed by atoms with E-state index in [1.54, 1.807) is 23.6 Å². The molecule has 1 aromatic carbocycles. The number of nitrogens with zero attached hydrogens (tertiary/aromatic N) is 2. The van der Waals surface area contributed by atoms with Crippen LogP contribution >= 0.6 is 22.7 Å². The lowest BCUT2D eigenvalue weighted by Gasteiger charge is -2.03. The second kappa shape index (κ2) is 8.36. The molecule has 2 aromatic heterocycles. The minimum atomic E-state index is -0.830. The third kappa shape index (κ3) is 4.75. The summed E-state index contributed by atoms with van der Waals surface area (Å²) in [7, 11) is 0. The van der Waals surface area contributed by atoms with Crippen molar-refractivity contribution >= 4 is 39.6 Å². The van der Waals surface area contributed by atoms with Gasteiger partial charge in [0.15, 0.2) is 5.13 Å². The lowest BCUT2D eigenvalue weighted by Crippen LogP contribution is -2.35. The van der Waals surface area contributed by atoms with Crippen LogP contribution in [0.1, 0.15) is 30.5 Å². The van der Waals surface area contributed by atoms with E-state index in [0.717, 1.165) is 16.3 Å². The molecule has 0 bridgehead atoms. The molecule has 0 saturated carbocycles. The van der Waals surface area contributed by atoms with Crippen molar-refractivity contribution in [1.29, 1.82) is 0 Å². The van der Waals surface area contributed by atoms with Gasteiger partial charge in [-0.25, -0.2) is 14.4 Å². The van der Waals surface area contributed by atoms with Gasteiger partial charge in [0.1, 0.15) is 5.82 Å². The minimum Gasteiger partial charge on any atom is -0.342 e. The molecule has 27 heavy (non-hydrogen) atoms. The van der Waals surface area contributed by atoms with Crippen LogP contribution in [0, 0.1) is 5.82 Å². The predicted octanol–water partition coefficient (Wildman–Crippen LogP) is 3.78. The molecule has 0 saturated heterocycles. The Labute approximate surface area is 163 Å². The number of anilines is 1. The lowest BCUT2D eigenvalue weighted by molar-refractivity contribution is -0.136. The summed E-state index contributed by atoms with van der Waals surface area (Å²) in [5.74, 6) is -1.70. The zero-order valence-electron chi connectivity index (χ0n) is 14.7. The van der Waals surface area contributed by atoms with E-state index in [9.17, 15) is 14.0 Å². The number of nitrogens with one attached hydrogen (secondary N) is 2. The van der Waals surface area contributed by atoms with Gasteiger partial charge >= 0.3 is 11.8 Å². The monoisotopic (exact) mass is 404 g/mol. The van der Waals surface area contributed by atoms with E-state index < -0.39 is 17.6 Å². The van der Waals surface area contributed by atoms with Crippen molar-refractivity contribution in [2.24, 2.45) is 0 Å². The average molecular weight is 404 g/mol. The van der Waals surface area contributed by atoms with Crippen LogP contribution in [0.4, 0.5) is 9.52 Å². The van der Waals surface area contributed by atoms with Crippen molar-refractivity contribution in [3.05, 3.63) is 51.5 Å². The second-order valence-electron chi connectivity index (χ2n) is 5.99. The van der Waals surface area contributed by atoms with Crippen molar-refractivity contribution in [3.63, 3.8) is 0 Å². The Bertz CT molecular complexity index is 968. The highest BCUT2D eigenvalue weighted by molar-refractivity contribution is 7.14. The van der Waals surface area contributed by atoms with E-state index in [4.69, 9.17) is 0 Å². The van der Waals surface area contributed by atoms with Gasteiger partial charge in [-0.2, -0.15) is 0 Å². The molecule has 0 radical (unpaired) electrons. The van der Waals surface area contributed by atoms with E-state index in [1.807, 2.05) is 19.2 Å². The third-order valence-electron chi connectivity index (χ3n) is 3.57. The predicted molar refractivity (Wildman–Crippen MR) is 104 cm³/mol. The van der Waals surface area contributed by atoms with Gasteiger partial charge in [-0.05, 0) is 12.1 Å². The SMILES string of the molecule is CC(C)c1nc(CNC(=O)C(=O)Nc2nc(-c3ccccc3F)cs2)cs1. The Morgan fingerprint density at radius 3 is 2.59 bits per heavy atom. The number of hydrogen-bond acceptors (Lipinski definition) is 6. The van der Waals surface area contributed by atoms with Crippen LogP contribution in [0.5, 0.6) is 0 Å². The maximum Gasteiger partial charge on any atom is 0.315 e. The average Bonchev–Trinajstić information content (AvgIpc) is 3.29. The normalized spacial score (nSPS) is 10.8. The Hall–Kier alpha value is -2.65. The van der Waals surface area contributed by atoms with E-state index in [2.05, 4.69) is 20.6 Å². The first-order chi connectivity index (χ1) is 12.9. The summed E-state index contributed by atoms with van der Waals surface area (Å²) in [6, 6.07) is 6.23. The van der Waals surface area contributed by atoms with Crippen LogP contribution in [0.3, 0.4) is 0 Å². The highest BCUT2D eigenvalue weighted by Gasteiger charge is 2.17. The van der Waals surface area contributed by atoms with Gasteiger partial charge < -0.3 is 5.32 Å². The first-order valence-corrected chi connectivity index (χ1v) is 9.94. The van der Waals surface area contributed by atoms with Gasteiger partial charge in [-0.15, -0.1) is 22.7 Å². The van der Waals surface area contributed by atoms with Gasteiger partial charge in [0.2, 0.25) is 0 Å². The molecule has 0 spiro atoms. The molecule has 0 unspecified atom stereocenters. The van der Waals surface area contributed by atoms with E-state index in [1.165, 1.54) is 17.4 Å². The molecule has 140 valence electrons. The highest BCUT2D eigenvalue weighted by Crippen LogP contribution is 2.26. The van der Waals surface area contributed by atoms with Crippen LogP contribution in [-0.4, -0.2) is 21.8 Å². The summed E-state index contributed by atoms with van der Waals surface area (Å²) in [4.78, 5) is 32.5. The maximum absolute atomic E-state index is 13.8. The molecule has 2 amide bonds. The van der Waals surface area contributed by atoms with Crippen LogP contribution in [0.2, 0.25) is 0 Å². The second-order valence-corrected chi connectivity index (χ2v) is 7.73. The van der Waals surface area contributed by atoms with Crippen LogP contribution in [0.25, 0.3) is 11.3 Å². The Morgan fingerprint density at radius 1 is 1.11 bits per heavy atom. The van der Waals surface area contributed by atoms with Crippen molar-refractivity contribution < 1.29 is 14.0 Å². The first-order valence-electron chi connectivity index (χ1n) is 8.18. The number of carbonyl (C=O) groups excluding carboxylic acids is 2. The molecule has 2 N–H and O–H groups in total. The van der Waals surface area contributed by atoms with Crippen LogP contribution < -0.4 is 10.6 Å². The first kappa shape index (κ1) is 19.1. The number of halogens is 1. The molecular formula is C18H17FN4O2S2. The fourth-order valence-electron chi connectivity index (χ4n) is 2.20. The standard InChI is InChI=1S/C18H17FN4O2S2/c1-10(2)17-21-11(8-26-17)7-20-15(24)16(25)23-18-22-14(9-27-18)12-5-3-4-6-13(12)19/h3-6,8-10H,7H2,1-2H3,(H,20,24)(H,22,23,25). The van der Waals surface area contributed by atoms with E-state index >= 15 is 0 Å². The summed E-state index contributed by atoms with van der Waals surface area (Å²) in [5.41, 5.74) is 1.45. The number of thiazole rings is 2. The van der Waals surface area contributed by atoms with Gasteiger partial charge in [0.05, 0.1) is 22.9 Å². The van der Waals surface area contributed by atoms with E-state index in [0.29, 0.717) is 22.9 Å². The Balaban J connectivity index is 1.57.